The zero-order valence-electron chi connectivity index (χ0n) is 8.99. The summed E-state index contributed by atoms with van der Waals surface area (Å²) in [6.07, 6.45) is 0.315. The molecule has 0 aliphatic carbocycles. The van der Waals surface area contributed by atoms with E-state index < -0.39 is 0 Å². The van der Waals surface area contributed by atoms with Crippen molar-refractivity contribution >= 4 is 5.91 Å². The normalized spacial score (nSPS) is 9.75. The van der Waals surface area contributed by atoms with Crippen LogP contribution in [0.15, 0.2) is 4.52 Å². The second-order valence-corrected chi connectivity index (χ2v) is 3.09. The maximum Gasteiger partial charge on any atom is 0.234 e. The highest BCUT2D eigenvalue weighted by atomic mass is 16.5. The van der Waals surface area contributed by atoms with Crippen molar-refractivity contribution in [1.82, 2.24) is 20.8 Å². The molecular weight excluding hydrogens is 210 g/mol. The van der Waals surface area contributed by atoms with Gasteiger partial charge in [-0.2, -0.15) is 10.2 Å². The Kier molecular flexibility index (Phi) is 4.95. The van der Waals surface area contributed by atoms with Crippen molar-refractivity contribution in [2.24, 2.45) is 0 Å². The molecular formula is C9H13N5O2. The van der Waals surface area contributed by atoms with Crippen LogP contribution in [0.1, 0.15) is 18.1 Å². The molecule has 16 heavy (non-hydrogen) atoms. The fourth-order valence-corrected chi connectivity index (χ4v) is 1.02. The molecule has 2 N–H and O–H groups in total. The van der Waals surface area contributed by atoms with Crippen LogP contribution in [-0.4, -0.2) is 29.1 Å². The third-order valence-corrected chi connectivity index (χ3v) is 1.70. The Morgan fingerprint density at radius 3 is 3.06 bits per heavy atom. The van der Waals surface area contributed by atoms with Gasteiger partial charge in [0, 0.05) is 13.5 Å². The van der Waals surface area contributed by atoms with Crippen molar-refractivity contribution in [2.45, 2.75) is 19.9 Å². The van der Waals surface area contributed by atoms with E-state index in [1.54, 1.807) is 6.92 Å². The van der Waals surface area contributed by atoms with Gasteiger partial charge in [-0.25, -0.2) is 0 Å². The fourth-order valence-electron chi connectivity index (χ4n) is 1.02. The molecule has 0 fully saturated rings. The van der Waals surface area contributed by atoms with Crippen molar-refractivity contribution < 1.29 is 9.32 Å². The summed E-state index contributed by atoms with van der Waals surface area (Å²) in [5.41, 5.74) is 0. The summed E-state index contributed by atoms with van der Waals surface area (Å²) >= 11 is 0. The molecule has 86 valence electrons. The Morgan fingerprint density at radius 2 is 2.44 bits per heavy atom. The van der Waals surface area contributed by atoms with E-state index in [0.717, 1.165) is 0 Å². The average Bonchev–Trinajstić information content (AvgIpc) is 2.65. The van der Waals surface area contributed by atoms with Crippen molar-refractivity contribution in [1.29, 1.82) is 5.26 Å². The van der Waals surface area contributed by atoms with Crippen LogP contribution in [0, 0.1) is 18.3 Å². The Labute approximate surface area is 92.8 Å². The molecule has 1 aromatic heterocycles. The quantitative estimate of drug-likeness (QED) is 0.630. The van der Waals surface area contributed by atoms with Gasteiger partial charge in [0.1, 0.15) is 0 Å². The van der Waals surface area contributed by atoms with Crippen LogP contribution in [0.4, 0.5) is 0 Å². The lowest BCUT2D eigenvalue weighted by Crippen LogP contribution is -2.34. The minimum absolute atomic E-state index is 0.157. The van der Waals surface area contributed by atoms with Gasteiger partial charge in [-0.3, -0.25) is 4.79 Å². The number of rotatable bonds is 6. The molecule has 0 radical (unpaired) electrons. The predicted molar refractivity (Wildman–Crippen MR) is 54.0 cm³/mol. The first-order chi connectivity index (χ1) is 7.72. The number of amides is 1. The number of nitriles is 1. The molecule has 0 atom stereocenters. The highest BCUT2D eigenvalue weighted by Gasteiger charge is 2.03. The van der Waals surface area contributed by atoms with Crippen LogP contribution >= 0.6 is 0 Å². The second-order valence-electron chi connectivity index (χ2n) is 3.09. The predicted octanol–water partition coefficient (Wildman–Crippen LogP) is -0.502. The zero-order valence-corrected chi connectivity index (χ0v) is 8.99. The number of hydrogen-bond acceptors (Lipinski definition) is 6. The van der Waals surface area contributed by atoms with E-state index in [2.05, 4.69) is 20.8 Å². The first-order valence-corrected chi connectivity index (χ1v) is 4.86. The average molecular weight is 223 g/mol. The van der Waals surface area contributed by atoms with Crippen LogP contribution < -0.4 is 10.6 Å². The van der Waals surface area contributed by atoms with Crippen LogP contribution in [0.3, 0.4) is 0 Å². The summed E-state index contributed by atoms with van der Waals surface area (Å²) in [5, 5.41) is 17.4. The van der Waals surface area contributed by atoms with Gasteiger partial charge in [-0.1, -0.05) is 5.16 Å². The molecule has 1 rings (SSSR count). The van der Waals surface area contributed by atoms with Crippen LogP contribution in [0.5, 0.6) is 0 Å². The minimum atomic E-state index is -0.157. The van der Waals surface area contributed by atoms with Crippen LogP contribution in [-0.2, 0) is 11.3 Å². The SMILES string of the molecule is Cc1nc(CNCC(=O)NCCC#N)no1. The molecule has 0 aliphatic heterocycles. The molecule has 0 aliphatic rings. The van der Waals surface area contributed by atoms with Crippen molar-refractivity contribution in [3.63, 3.8) is 0 Å². The number of aromatic nitrogens is 2. The van der Waals surface area contributed by atoms with Gasteiger partial charge in [0.2, 0.25) is 11.8 Å². The summed E-state index contributed by atoms with van der Waals surface area (Å²) in [6.45, 7) is 2.62. The van der Waals surface area contributed by atoms with Crippen LogP contribution in [0.2, 0.25) is 0 Å². The summed E-state index contributed by atoms with van der Waals surface area (Å²) in [5.74, 6) is 0.855. The highest BCUT2D eigenvalue weighted by Crippen LogP contribution is 1.93. The molecule has 0 aromatic carbocycles. The molecule has 0 unspecified atom stereocenters. The number of aryl methyl sites for hydroxylation is 1. The van der Waals surface area contributed by atoms with Crippen molar-refractivity contribution in [3.05, 3.63) is 11.7 Å². The lowest BCUT2D eigenvalue weighted by atomic mass is 10.4. The number of carbonyl (C=O) groups is 1. The van der Waals surface area contributed by atoms with Gasteiger partial charge >= 0.3 is 0 Å². The Hall–Kier alpha value is -1.94. The molecule has 0 saturated heterocycles. The topological polar surface area (TPSA) is 104 Å². The molecule has 1 aromatic rings. The molecule has 7 nitrogen and oxygen atoms in total. The molecule has 1 heterocycles. The molecule has 0 saturated carbocycles. The first kappa shape index (κ1) is 12.1. The standard InChI is InChI=1S/C9H13N5O2/c1-7-13-8(14-16-7)5-11-6-9(15)12-4-2-3-10/h11H,2,4-6H2,1H3,(H,12,15). The van der Waals surface area contributed by atoms with E-state index in [1.807, 2.05) is 6.07 Å². The van der Waals surface area contributed by atoms with Crippen molar-refractivity contribution in [2.75, 3.05) is 13.1 Å². The Balaban J connectivity index is 2.11. The Bertz CT molecular complexity index is 381. The Morgan fingerprint density at radius 1 is 1.62 bits per heavy atom. The lowest BCUT2D eigenvalue weighted by molar-refractivity contribution is -0.120. The van der Waals surface area contributed by atoms with Gasteiger partial charge in [0.25, 0.3) is 0 Å². The monoisotopic (exact) mass is 223 g/mol. The summed E-state index contributed by atoms with van der Waals surface area (Å²) in [4.78, 5) is 15.1. The smallest absolute Gasteiger partial charge is 0.234 e. The number of nitrogens with zero attached hydrogens (tertiary/aromatic N) is 3. The van der Waals surface area contributed by atoms with Gasteiger partial charge in [-0.05, 0) is 0 Å². The highest BCUT2D eigenvalue weighted by molar-refractivity contribution is 5.77. The maximum absolute atomic E-state index is 11.2. The number of carbonyl (C=O) groups excluding carboxylic acids is 1. The van der Waals surface area contributed by atoms with Gasteiger partial charge in [-0.15, -0.1) is 0 Å². The zero-order chi connectivity index (χ0) is 11.8. The van der Waals surface area contributed by atoms with E-state index >= 15 is 0 Å². The maximum atomic E-state index is 11.2. The van der Waals surface area contributed by atoms with Crippen molar-refractivity contribution in [3.8, 4) is 6.07 Å². The lowest BCUT2D eigenvalue weighted by Gasteiger charge is -2.02. The summed E-state index contributed by atoms with van der Waals surface area (Å²) in [6, 6.07) is 1.94. The summed E-state index contributed by atoms with van der Waals surface area (Å²) < 4.78 is 4.76. The summed E-state index contributed by atoms with van der Waals surface area (Å²) in [7, 11) is 0. The van der Waals surface area contributed by atoms with Gasteiger partial charge < -0.3 is 15.2 Å². The van der Waals surface area contributed by atoms with E-state index in [0.29, 0.717) is 31.2 Å². The minimum Gasteiger partial charge on any atom is -0.354 e. The van der Waals surface area contributed by atoms with Gasteiger partial charge in [0.05, 0.1) is 25.6 Å². The van der Waals surface area contributed by atoms with E-state index in [1.165, 1.54) is 0 Å². The molecule has 0 spiro atoms. The number of nitrogens with one attached hydrogen (secondary N) is 2. The molecule has 0 bridgehead atoms. The third-order valence-electron chi connectivity index (χ3n) is 1.70. The van der Waals surface area contributed by atoms with E-state index in [-0.39, 0.29) is 12.5 Å². The van der Waals surface area contributed by atoms with E-state index in [9.17, 15) is 4.79 Å². The second kappa shape index (κ2) is 6.53. The van der Waals surface area contributed by atoms with Gasteiger partial charge in [0.15, 0.2) is 5.82 Å². The molecule has 7 heteroatoms. The first-order valence-electron chi connectivity index (χ1n) is 4.86. The molecule has 1 amide bonds. The largest absolute Gasteiger partial charge is 0.354 e. The van der Waals surface area contributed by atoms with Crippen LogP contribution in [0.25, 0.3) is 0 Å². The number of hydrogen-bond donors (Lipinski definition) is 2. The van der Waals surface area contributed by atoms with E-state index in [4.69, 9.17) is 9.78 Å². The fraction of sp³-hybridized carbons (Fsp3) is 0.556. The third kappa shape index (κ3) is 4.52.